The third-order valence-corrected chi connectivity index (χ3v) is 1.90. The highest BCUT2D eigenvalue weighted by atomic mass is 16.3. The lowest BCUT2D eigenvalue weighted by molar-refractivity contribution is -0.122. The van der Waals surface area contributed by atoms with E-state index in [4.69, 9.17) is 0 Å². The zero-order chi connectivity index (χ0) is 11.9. The average Bonchev–Trinajstić information content (AvgIpc) is 2.09. The molecule has 0 heterocycles. The quantitative estimate of drug-likeness (QED) is 0.602. The van der Waals surface area contributed by atoms with E-state index in [1.165, 1.54) is 0 Å². The van der Waals surface area contributed by atoms with Gasteiger partial charge in [-0.1, -0.05) is 6.08 Å². The summed E-state index contributed by atoms with van der Waals surface area (Å²) in [5.41, 5.74) is -0.882. The van der Waals surface area contributed by atoms with Gasteiger partial charge in [0.2, 0.25) is 5.91 Å². The molecule has 4 nitrogen and oxygen atoms in total. The summed E-state index contributed by atoms with van der Waals surface area (Å²) < 4.78 is 0. The van der Waals surface area contributed by atoms with Crippen LogP contribution in [0.2, 0.25) is 0 Å². The van der Waals surface area contributed by atoms with Gasteiger partial charge in [0, 0.05) is 19.5 Å². The number of carbonyl (C=O) groups is 1. The number of hydrogen-bond acceptors (Lipinski definition) is 3. The second-order valence-electron chi connectivity index (χ2n) is 4.34. The summed E-state index contributed by atoms with van der Waals surface area (Å²) in [5, 5.41) is 12.6. The van der Waals surface area contributed by atoms with E-state index in [2.05, 4.69) is 11.9 Å². The molecule has 0 rings (SSSR count). The van der Waals surface area contributed by atoms with Gasteiger partial charge in [0.1, 0.15) is 0 Å². The molecule has 15 heavy (non-hydrogen) atoms. The topological polar surface area (TPSA) is 52.6 Å². The third-order valence-electron chi connectivity index (χ3n) is 1.90. The lowest BCUT2D eigenvalue weighted by Gasteiger charge is -2.27. The minimum atomic E-state index is -0.882. The van der Waals surface area contributed by atoms with Gasteiger partial charge < -0.3 is 15.3 Å². The number of hydrogen-bond donors (Lipinski definition) is 2. The lowest BCUT2D eigenvalue weighted by atomic mass is 10.1. The summed E-state index contributed by atoms with van der Waals surface area (Å²) in [6, 6.07) is 0. The molecule has 0 aromatic rings. The van der Waals surface area contributed by atoms with Gasteiger partial charge >= 0.3 is 0 Å². The largest absolute Gasteiger partial charge is 0.387 e. The molecule has 0 bridgehead atoms. The molecule has 0 saturated heterocycles. The van der Waals surface area contributed by atoms with E-state index in [-0.39, 0.29) is 12.5 Å². The number of amides is 1. The van der Waals surface area contributed by atoms with Crippen LogP contribution in [0.25, 0.3) is 0 Å². The molecule has 0 radical (unpaired) electrons. The van der Waals surface area contributed by atoms with Gasteiger partial charge in [-0.3, -0.25) is 4.79 Å². The van der Waals surface area contributed by atoms with Crippen LogP contribution in [-0.4, -0.2) is 48.7 Å². The first kappa shape index (κ1) is 14.1. The predicted molar refractivity (Wildman–Crippen MR) is 61.6 cm³/mol. The summed E-state index contributed by atoms with van der Waals surface area (Å²) in [6.45, 7) is 6.06. The van der Waals surface area contributed by atoms with Gasteiger partial charge in [0.05, 0.1) is 5.60 Å². The monoisotopic (exact) mass is 214 g/mol. The number of aliphatic hydroxyl groups is 1. The molecule has 0 fully saturated rings. The molecule has 0 aliphatic heterocycles. The number of nitrogens with zero attached hydrogens (tertiary/aromatic N) is 1. The van der Waals surface area contributed by atoms with Crippen molar-refractivity contribution in [3.8, 4) is 0 Å². The molecule has 1 unspecified atom stereocenters. The van der Waals surface area contributed by atoms with Gasteiger partial charge in [0.25, 0.3) is 0 Å². The van der Waals surface area contributed by atoms with Crippen molar-refractivity contribution in [3.63, 3.8) is 0 Å². The van der Waals surface area contributed by atoms with Crippen LogP contribution in [0, 0.1) is 0 Å². The molecule has 0 aliphatic rings. The number of likely N-dealkylation sites (N-methyl/N-ethyl adjacent to an activating group) is 1. The average molecular weight is 214 g/mol. The summed E-state index contributed by atoms with van der Waals surface area (Å²) in [6.07, 6.45) is 2.81. The Morgan fingerprint density at radius 1 is 1.60 bits per heavy atom. The molecule has 1 atom stereocenters. The van der Waals surface area contributed by atoms with Crippen molar-refractivity contribution in [3.05, 3.63) is 12.7 Å². The van der Waals surface area contributed by atoms with E-state index in [9.17, 15) is 9.90 Å². The normalized spacial score (nSPS) is 14.7. The van der Waals surface area contributed by atoms with E-state index >= 15 is 0 Å². The Morgan fingerprint density at radius 2 is 2.20 bits per heavy atom. The molecule has 4 heteroatoms. The maximum absolute atomic E-state index is 11.3. The van der Waals surface area contributed by atoms with Gasteiger partial charge in [-0.25, -0.2) is 0 Å². The molecular formula is C11H22N2O2. The van der Waals surface area contributed by atoms with E-state index < -0.39 is 5.60 Å². The van der Waals surface area contributed by atoms with Crippen molar-refractivity contribution in [1.82, 2.24) is 10.2 Å². The highest BCUT2D eigenvalue weighted by Gasteiger charge is 2.21. The van der Waals surface area contributed by atoms with Crippen LogP contribution >= 0.6 is 0 Å². The molecular weight excluding hydrogens is 192 g/mol. The minimum Gasteiger partial charge on any atom is -0.387 e. The molecule has 0 spiro atoms. The highest BCUT2D eigenvalue weighted by molar-refractivity contribution is 5.76. The highest BCUT2D eigenvalue weighted by Crippen LogP contribution is 2.02. The fourth-order valence-corrected chi connectivity index (χ4v) is 1.35. The Balaban J connectivity index is 3.81. The molecule has 0 aromatic heterocycles. The van der Waals surface area contributed by atoms with Crippen LogP contribution in [0.5, 0.6) is 0 Å². The zero-order valence-corrected chi connectivity index (χ0v) is 9.92. The van der Waals surface area contributed by atoms with Crippen molar-refractivity contribution < 1.29 is 9.90 Å². The summed E-state index contributed by atoms with van der Waals surface area (Å²) in [4.78, 5) is 13.1. The van der Waals surface area contributed by atoms with Crippen molar-refractivity contribution >= 4 is 5.91 Å². The van der Waals surface area contributed by atoms with E-state index in [1.807, 2.05) is 19.0 Å². The maximum atomic E-state index is 11.3. The van der Waals surface area contributed by atoms with Crippen LogP contribution in [0.15, 0.2) is 12.7 Å². The molecule has 0 aliphatic carbocycles. The predicted octanol–water partition coefficient (Wildman–Crippen LogP) is 0.381. The molecule has 88 valence electrons. The second-order valence-corrected chi connectivity index (χ2v) is 4.34. The van der Waals surface area contributed by atoms with E-state index in [0.717, 1.165) is 0 Å². The fourth-order valence-electron chi connectivity index (χ4n) is 1.35. The third kappa shape index (κ3) is 8.15. The van der Waals surface area contributed by atoms with Crippen molar-refractivity contribution in [2.75, 3.05) is 27.2 Å². The molecule has 0 aromatic carbocycles. The van der Waals surface area contributed by atoms with Crippen molar-refractivity contribution in [2.45, 2.75) is 25.4 Å². The second kappa shape index (κ2) is 6.58. The van der Waals surface area contributed by atoms with Crippen molar-refractivity contribution in [1.29, 1.82) is 0 Å². The van der Waals surface area contributed by atoms with Crippen LogP contribution in [0.3, 0.4) is 0 Å². The summed E-state index contributed by atoms with van der Waals surface area (Å²) >= 11 is 0. The first-order valence-electron chi connectivity index (χ1n) is 5.12. The van der Waals surface area contributed by atoms with E-state index in [0.29, 0.717) is 19.4 Å². The van der Waals surface area contributed by atoms with Crippen LogP contribution in [0.1, 0.15) is 19.8 Å². The minimum absolute atomic E-state index is 0.0473. The Morgan fingerprint density at radius 3 is 2.67 bits per heavy atom. The Hall–Kier alpha value is -0.870. The smallest absolute Gasteiger partial charge is 0.220 e. The number of nitrogens with one attached hydrogen (secondary N) is 1. The Kier molecular flexibility index (Phi) is 6.20. The standard InChI is InChI=1S/C11H22N2O2/c1-5-6-7-10(14)12-8-11(2,15)9-13(3)4/h5,15H,1,6-9H2,2-4H3,(H,12,14). The molecule has 1 amide bonds. The Bertz CT molecular complexity index is 213. The maximum Gasteiger partial charge on any atom is 0.220 e. The molecule has 2 N–H and O–H groups in total. The molecule has 0 saturated carbocycles. The van der Waals surface area contributed by atoms with Gasteiger partial charge in [0.15, 0.2) is 0 Å². The fraction of sp³-hybridized carbons (Fsp3) is 0.727. The van der Waals surface area contributed by atoms with Crippen LogP contribution < -0.4 is 5.32 Å². The SMILES string of the molecule is C=CCCC(=O)NCC(C)(O)CN(C)C. The summed E-state index contributed by atoms with van der Waals surface area (Å²) in [7, 11) is 3.77. The van der Waals surface area contributed by atoms with Gasteiger partial charge in [-0.2, -0.15) is 0 Å². The van der Waals surface area contributed by atoms with E-state index in [1.54, 1.807) is 13.0 Å². The first-order chi connectivity index (χ1) is 6.87. The number of carbonyl (C=O) groups excluding carboxylic acids is 1. The van der Waals surface area contributed by atoms with Crippen molar-refractivity contribution in [2.24, 2.45) is 0 Å². The van der Waals surface area contributed by atoms with Gasteiger partial charge in [-0.05, 0) is 27.4 Å². The van der Waals surface area contributed by atoms with Crippen LogP contribution in [-0.2, 0) is 4.79 Å². The summed E-state index contributed by atoms with van der Waals surface area (Å²) in [5.74, 6) is -0.0473. The lowest BCUT2D eigenvalue weighted by Crippen LogP contribution is -2.47. The first-order valence-corrected chi connectivity index (χ1v) is 5.12. The van der Waals surface area contributed by atoms with Crippen LogP contribution in [0.4, 0.5) is 0 Å². The Labute approximate surface area is 92.0 Å². The zero-order valence-electron chi connectivity index (χ0n) is 9.92. The van der Waals surface area contributed by atoms with Gasteiger partial charge in [-0.15, -0.1) is 6.58 Å². The number of allylic oxidation sites excluding steroid dienone is 1. The number of rotatable bonds is 7.